The minimum absolute atomic E-state index is 0.0681. The van der Waals surface area contributed by atoms with Crippen LogP contribution in [0.4, 0.5) is 0 Å². The van der Waals surface area contributed by atoms with Crippen molar-refractivity contribution in [3.8, 4) is 0 Å². The summed E-state index contributed by atoms with van der Waals surface area (Å²) in [6.45, 7) is 3.54. The largest absolute Gasteiger partial charge is 0.481 e. The highest BCUT2D eigenvalue weighted by Gasteiger charge is 2.16. The molecular formula is C13H18N2O4S. The topological polar surface area (TPSA) is 95.5 Å². The number of rotatable bonds is 7. The zero-order valence-electron chi connectivity index (χ0n) is 11.4. The Bertz CT molecular complexity index is 498. The third-order valence-corrected chi connectivity index (χ3v) is 3.76. The van der Waals surface area contributed by atoms with Gasteiger partial charge in [0.1, 0.15) is 0 Å². The molecule has 3 N–H and O–H groups in total. The third kappa shape index (κ3) is 5.00. The molecule has 20 heavy (non-hydrogen) atoms. The smallest absolute Gasteiger partial charge is 0.308 e. The number of carbonyl (C=O) groups is 3. The van der Waals surface area contributed by atoms with Crippen molar-refractivity contribution in [2.24, 2.45) is 5.92 Å². The number of amides is 2. The quantitative estimate of drug-likeness (QED) is 0.700. The molecule has 2 amide bonds. The summed E-state index contributed by atoms with van der Waals surface area (Å²) in [5.74, 6) is -2.24. The Hall–Kier alpha value is -1.89. The number of carboxylic acid groups (broad SMARTS) is 1. The second kappa shape index (κ2) is 7.64. The first-order valence-electron chi connectivity index (χ1n) is 6.28. The van der Waals surface area contributed by atoms with Crippen molar-refractivity contribution in [3.05, 3.63) is 21.9 Å². The van der Waals surface area contributed by atoms with Crippen LogP contribution in [0.1, 0.15) is 27.9 Å². The first-order chi connectivity index (χ1) is 9.43. The molecule has 1 rings (SSSR count). The van der Waals surface area contributed by atoms with E-state index in [1.165, 1.54) is 11.3 Å². The van der Waals surface area contributed by atoms with Crippen LogP contribution in [0, 0.1) is 12.8 Å². The van der Waals surface area contributed by atoms with Gasteiger partial charge in [-0.25, -0.2) is 0 Å². The molecule has 0 aliphatic carbocycles. The minimum atomic E-state index is -0.939. The van der Waals surface area contributed by atoms with Gasteiger partial charge < -0.3 is 15.7 Å². The monoisotopic (exact) mass is 298 g/mol. The van der Waals surface area contributed by atoms with Crippen molar-refractivity contribution in [3.63, 3.8) is 0 Å². The van der Waals surface area contributed by atoms with E-state index >= 15 is 0 Å². The predicted molar refractivity (Wildman–Crippen MR) is 75.8 cm³/mol. The predicted octanol–water partition coefficient (Wildman–Crippen LogP) is 1.01. The Kier molecular flexibility index (Phi) is 6.17. The van der Waals surface area contributed by atoms with E-state index in [0.29, 0.717) is 11.3 Å². The maximum absolute atomic E-state index is 11.7. The maximum Gasteiger partial charge on any atom is 0.308 e. The first-order valence-corrected chi connectivity index (χ1v) is 7.09. The van der Waals surface area contributed by atoms with Crippen LogP contribution in [-0.2, 0) is 9.59 Å². The third-order valence-electron chi connectivity index (χ3n) is 2.76. The number of carbonyl (C=O) groups excluding carboxylic acids is 2. The second-order valence-corrected chi connectivity index (χ2v) is 5.63. The van der Waals surface area contributed by atoms with Gasteiger partial charge in [0.2, 0.25) is 5.91 Å². The Morgan fingerprint density at radius 3 is 2.50 bits per heavy atom. The number of hydrogen-bond acceptors (Lipinski definition) is 4. The molecule has 1 aromatic rings. The number of carboxylic acids is 1. The lowest BCUT2D eigenvalue weighted by Crippen LogP contribution is -2.39. The number of aryl methyl sites for hydroxylation is 1. The Morgan fingerprint density at radius 2 is 2.00 bits per heavy atom. The summed E-state index contributed by atoms with van der Waals surface area (Å²) < 4.78 is 0. The highest BCUT2D eigenvalue weighted by Crippen LogP contribution is 2.14. The maximum atomic E-state index is 11.7. The van der Waals surface area contributed by atoms with Crippen LogP contribution < -0.4 is 10.6 Å². The van der Waals surface area contributed by atoms with E-state index in [9.17, 15) is 14.4 Å². The standard InChI is InChI=1S/C13H18N2O4S/c1-3-9(13(18)19)6-14-11(16)7-15-12(17)10-5-4-8(2)20-10/h4-5,9H,3,6-7H2,1-2H3,(H,14,16)(H,15,17)(H,18,19). The molecule has 0 saturated heterocycles. The molecule has 0 radical (unpaired) electrons. The van der Waals surface area contributed by atoms with E-state index < -0.39 is 17.8 Å². The van der Waals surface area contributed by atoms with Gasteiger partial charge in [0, 0.05) is 11.4 Å². The summed E-state index contributed by atoms with van der Waals surface area (Å²) in [6, 6.07) is 3.53. The number of nitrogens with one attached hydrogen (secondary N) is 2. The molecule has 110 valence electrons. The van der Waals surface area contributed by atoms with E-state index in [4.69, 9.17) is 5.11 Å². The van der Waals surface area contributed by atoms with Crippen molar-refractivity contribution in [2.45, 2.75) is 20.3 Å². The van der Waals surface area contributed by atoms with Crippen LogP contribution >= 0.6 is 11.3 Å². The molecule has 7 heteroatoms. The molecule has 6 nitrogen and oxygen atoms in total. The second-order valence-electron chi connectivity index (χ2n) is 4.34. The Labute approximate surface area is 121 Å². The fourth-order valence-electron chi connectivity index (χ4n) is 1.51. The molecule has 0 spiro atoms. The molecule has 1 unspecified atom stereocenters. The van der Waals surface area contributed by atoms with Crippen LogP contribution in [0.5, 0.6) is 0 Å². The van der Waals surface area contributed by atoms with Gasteiger partial charge in [-0.3, -0.25) is 14.4 Å². The molecule has 0 fully saturated rings. The molecule has 1 atom stereocenters. The van der Waals surface area contributed by atoms with Crippen molar-refractivity contribution in [1.29, 1.82) is 0 Å². The van der Waals surface area contributed by atoms with Gasteiger partial charge in [0.05, 0.1) is 17.3 Å². The molecule has 0 aromatic carbocycles. The van der Waals surface area contributed by atoms with E-state index in [1.54, 1.807) is 13.0 Å². The van der Waals surface area contributed by atoms with Gasteiger partial charge in [-0.1, -0.05) is 6.92 Å². The zero-order chi connectivity index (χ0) is 15.1. The first kappa shape index (κ1) is 16.2. The normalized spacial score (nSPS) is 11.7. The fourth-order valence-corrected chi connectivity index (χ4v) is 2.29. The molecule has 0 saturated carbocycles. The minimum Gasteiger partial charge on any atom is -0.481 e. The van der Waals surface area contributed by atoms with Crippen LogP contribution in [0.15, 0.2) is 12.1 Å². The van der Waals surface area contributed by atoms with Crippen molar-refractivity contribution in [2.75, 3.05) is 13.1 Å². The van der Waals surface area contributed by atoms with Crippen LogP contribution in [-0.4, -0.2) is 36.0 Å². The van der Waals surface area contributed by atoms with Gasteiger partial charge in [0.25, 0.3) is 5.91 Å². The summed E-state index contributed by atoms with van der Waals surface area (Å²) >= 11 is 1.35. The summed E-state index contributed by atoms with van der Waals surface area (Å²) in [6.07, 6.45) is 0.441. The Morgan fingerprint density at radius 1 is 1.30 bits per heavy atom. The zero-order valence-corrected chi connectivity index (χ0v) is 12.3. The Balaban J connectivity index is 2.33. The highest BCUT2D eigenvalue weighted by molar-refractivity contribution is 7.13. The molecular weight excluding hydrogens is 280 g/mol. The highest BCUT2D eigenvalue weighted by atomic mass is 32.1. The van der Waals surface area contributed by atoms with Crippen molar-refractivity contribution >= 4 is 29.1 Å². The van der Waals surface area contributed by atoms with Crippen LogP contribution in [0.25, 0.3) is 0 Å². The lowest BCUT2D eigenvalue weighted by atomic mass is 10.1. The van der Waals surface area contributed by atoms with Gasteiger partial charge in [-0.05, 0) is 25.5 Å². The lowest BCUT2D eigenvalue weighted by Gasteiger charge is -2.11. The number of thiophene rings is 1. The summed E-state index contributed by atoms with van der Waals surface area (Å²) in [5.41, 5.74) is 0. The molecule has 0 bridgehead atoms. The van der Waals surface area contributed by atoms with Gasteiger partial charge in [-0.2, -0.15) is 0 Å². The van der Waals surface area contributed by atoms with Gasteiger partial charge in [0.15, 0.2) is 0 Å². The van der Waals surface area contributed by atoms with Crippen LogP contribution in [0.2, 0.25) is 0 Å². The van der Waals surface area contributed by atoms with Crippen molar-refractivity contribution < 1.29 is 19.5 Å². The van der Waals surface area contributed by atoms with E-state index in [2.05, 4.69) is 10.6 Å². The average molecular weight is 298 g/mol. The van der Waals surface area contributed by atoms with E-state index in [1.807, 2.05) is 13.0 Å². The SMILES string of the molecule is CCC(CNC(=O)CNC(=O)c1ccc(C)s1)C(=O)O. The molecule has 0 aliphatic heterocycles. The molecule has 1 aromatic heterocycles. The van der Waals surface area contributed by atoms with E-state index in [0.717, 1.165) is 4.88 Å². The summed E-state index contributed by atoms with van der Waals surface area (Å²) in [5, 5.41) is 13.8. The molecule has 1 heterocycles. The number of aliphatic carboxylic acids is 1. The van der Waals surface area contributed by atoms with Gasteiger partial charge >= 0.3 is 5.97 Å². The number of hydrogen-bond donors (Lipinski definition) is 3. The lowest BCUT2D eigenvalue weighted by molar-refractivity contribution is -0.141. The van der Waals surface area contributed by atoms with E-state index in [-0.39, 0.29) is 19.0 Å². The molecule has 0 aliphatic rings. The summed E-state index contributed by atoms with van der Waals surface area (Å²) in [7, 11) is 0. The summed E-state index contributed by atoms with van der Waals surface area (Å²) in [4.78, 5) is 35.5. The van der Waals surface area contributed by atoms with Gasteiger partial charge in [-0.15, -0.1) is 11.3 Å². The average Bonchev–Trinajstić information content (AvgIpc) is 2.83. The van der Waals surface area contributed by atoms with Crippen molar-refractivity contribution in [1.82, 2.24) is 10.6 Å². The van der Waals surface area contributed by atoms with Crippen LogP contribution in [0.3, 0.4) is 0 Å². The fraction of sp³-hybridized carbons (Fsp3) is 0.462.